The molecule has 1 aromatic carbocycles. The van der Waals surface area contributed by atoms with Crippen molar-refractivity contribution < 1.29 is 23.4 Å². The predicted molar refractivity (Wildman–Crippen MR) is 69.7 cm³/mol. The van der Waals surface area contributed by atoms with Gasteiger partial charge in [0.25, 0.3) is 0 Å². The molecule has 1 atom stereocenters. The van der Waals surface area contributed by atoms with Crippen LogP contribution in [0.5, 0.6) is 5.75 Å². The summed E-state index contributed by atoms with van der Waals surface area (Å²) in [4.78, 5) is 1.83. The van der Waals surface area contributed by atoms with Gasteiger partial charge in [-0.05, 0) is 25.8 Å². The van der Waals surface area contributed by atoms with Gasteiger partial charge >= 0.3 is 6.18 Å². The second-order valence-electron chi connectivity index (χ2n) is 5.22. The van der Waals surface area contributed by atoms with E-state index in [2.05, 4.69) is 0 Å². The maximum Gasteiger partial charge on any atom is 0.391 e. The van der Waals surface area contributed by atoms with Gasteiger partial charge in [-0.3, -0.25) is 0 Å². The lowest BCUT2D eigenvalue weighted by molar-refractivity contribution is -0.179. The maximum absolute atomic E-state index is 12.6. The topological polar surface area (TPSA) is 43.7 Å². The number of hydrogen-bond acceptors (Lipinski definition) is 3. The number of phenols is 1. The van der Waals surface area contributed by atoms with Crippen LogP contribution in [0.1, 0.15) is 31.4 Å². The Hall–Kier alpha value is -1.43. The van der Waals surface area contributed by atoms with Crippen LogP contribution in [0, 0.1) is 5.92 Å². The molecule has 112 valence electrons. The third-order valence-electron chi connectivity index (χ3n) is 3.79. The molecule has 20 heavy (non-hydrogen) atoms. The molecule has 0 aliphatic carbocycles. The molecule has 1 heterocycles. The minimum Gasteiger partial charge on any atom is -0.507 e. The number of rotatable bonds is 2. The third kappa shape index (κ3) is 3.17. The molecule has 0 radical (unpaired) electrons. The van der Waals surface area contributed by atoms with Gasteiger partial charge in [0.05, 0.1) is 12.0 Å². The van der Waals surface area contributed by atoms with E-state index in [1.807, 2.05) is 4.90 Å². The Morgan fingerprint density at radius 2 is 1.85 bits per heavy atom. The number of hydrogen-bond donors (Lipinski definition) is 2. The molecule has 0 spiro atoms. The monoisotopic (exact) mass is 289 g/mol. The molecule has 1 unspecified atom stereocenters. The Bertz CT molecular complexity index is 466. The molecule has 0 aromatic heterocycles. The second-order valence-corrected chi connectivity index (χ2v) is 5.22. The molecular formula is C14H18F3NO2. The Morgan fingerprint density at radius 1 is 1.25 bits per heavy atom. The molecule has 0 bridgehead atoms. The van der Waals surface area contributed by atoms with Crippen molar-refractivity contribution in [2.75, 3.05) is 18.0 Å². The quantitative estimate of drug-likeness (QED) is 0.878. The van der Waals surface area contributed by atoms with Crippen LogP contribution in [-0.2, 0) is 0 Å². The fourth-order valence-corrected chi connectivity index (χ4v) is 2.55. The van der Waals surface area contributed by atoms with E-state index in [1.165, 1.54) is 6.07 Å². The zero-order valence-corrected chi connectivity index (χ0v) is 11.2. The van der Waals surface area contributed by atoms with Gasteiger partial charge in [-0.25, -0.2) is 0 Å². The summed E-state index contributed by atoms with van der Waals surface area (Å²) < 4.78 is 37.8. The van der Waals surface area contributed by atoms with Crippen LogP contribution >= 0.6 is 0 Å². The maximum atomic E-state index is 12.6. The molecular weight excluding hydrogens is 271 g/mol. The first-order chi connectivity index (χ1) is 9.29. The minimum absolute atomic E-state index is 0.0320. The predicted octanol–water partition coefficient (Wildman–Crippen LogP) is 3.22. The highest BCUT2D eigenvalue weighted by Crippen LogP contribution is 2.36. The van der Waals surface area contributed by atoms with Gasteiger partial charge in [-0.2, -0.15) is 13.2 Å². The van der Waals surface area contributed by atoms with Gasteiger partial charge in [0.15, 0.2) is 0 Å². The van der Waals surface area contributed by atoms with Crippen molar-refractivity contribution in [2.45, 2.75) is 32.0 Å². The summed E-state index contributed by atoms with van der Waals surface area (Å²) in [6, 6.07) is 4.82. The number of piperidine rings is 1. The minimum atomic E-state index is -4.12. The molecule has 3 nitrogen and oxygen atoms in total. The summed E-state index contributed by atoms with van der Waals surface area (Å²) in [6.45, 7) is 2.18. The van der Waals surface area contributed by atoms with Crippen molar-refractivity contribution in [3.8, 4) is 5.75 Å². The number of halogens is 3. The van der Waals surface area contributed by atoms with E-state index < -0.39 is 18.2 Å². The first-order valence-electron chi connectivity index (χ1n) is 6.61. The number of aromatic hydroxyl groups is 1. The molecule has 0 amide bonds. The van der Waals surface area contributed by atoms with Crippen molar-refractivity contribution in [3.05, 3.63) is 23.8 Å². The molecule has 1 fully saturated rings. The molecule has 0 saturated carbocycles. The lowest BCUT2D eigenvalue weighted by atomic mass is 9.95. The molecule has 1 aliphatic heterocycles. The zero-order valence-electron chi connectivity index (χ0n) is 11.2. The van der Waals surface area contributed by atoms with Crippen LogP contribution in [0.15, 0.2) is 18.2 Å². The van der Waals surface area contributed by atoms with Crippen LogP contribution in [0.25, 0.3) is 0 Å². The Morgan fingerprint density at radius 3 is 2.30 bits per heavy atom. The number of aliphatic hydroxyl groups is 1. The molecule has 2 rings (SSSR count). The van der Waals surface area contributed by atoms with Crippen molar-refractivity contribution in [2.24, 2.45) is 5.92 Å². The number of anilines is 1. The van der Waals surface area contributed by atoms with Crippen LogP contribution in [0.4, 0.5) is 18.9 Å². The highest BCUT2D eigenvalue weighted by molar-refractivity contribution is 5.54. The number of benzene rings is 1. The van der Waals surface area contributed by atoms with Crippen LogP contribution in [-0.4, -0.2) is 29.5 Å². The van der Waals surface area contributed by atoms with E-state index in [0.29, 0.717) is 24.3 Å². The summed E-state index contributed by atoms with van der Waals surface area (Å²) in [5, 5.41) is 19.2. The van der Waals surface area contributed by atoms with Gasteiger partial charge in [0.1, 0.15) is 5.75 Å². The van der Waals surface area contributed by atoms with E-state index >= 15 is 0 Å². The average Bonchev–Trinajstić information content (AvgIpc) is 2.37. The lowest BCUT2D eigenvalue weighted by Crippen LogP contribution is -2.39. The fourth-order valence-electron chi connectivity index (χ4n) is 2.55. The van der Waals surface area contributed by atoms with E-state index in [4.69, 9.17) is 0 Å². The average molecular weight is 289 g/mol. The van der Waals surface area contributed by atoms with Crippen molar-refractivity contribution in [3.63, 3.8) is 0 Å². The van der Waals surface area contributed by atoms with Gasteiger partial charge in [0.2, 0.25) is 0 Å². The molecule has 1 aromatic rings. The Labute approximate surface area is 115 Å². The summed E-state index contributed by atoms with van der Waals surface area (Å²) in [5.41, 5.74) is 1.10. The fraction of sp³-hybridized carbons (Fsp3) is 0.571. The number of alkyl halides is 3. The van der Waals surface area contributed by atoms with E-state index in [-0.39, 0.29) is 18.6 Å². The molecule has 1 aliphatic rings. The van der Waals surface area contributed by atoms with Gasteiger partial charge in [-0.1, -0.05) is 6.07 Å². The van der Waals surface area contributed by atoms with Gasteiger partial charge in [-0.15, -0.1) is 0 Å². The van der Waals surface area contributed by atoms with E-state index in [9.17, 15) is 23.4 Å². The van der Waals surface area contributed by atoms with Crippen LogP contribution in [0.2, 0.25) is 0 Å². The summed E-state index contributed by atoms with van der Waals surface area (Å²) >= 11 is 0. The molecule has 1 saturated heterocycles. The zero-order chi connectivity index (χ0) is 14.9. The summed E-state index contributed by atoms with van der Waals surface area (Å²) in [5.74, 6) is -1.26. The van der Waals surface area contributed by atoms with Gasteiger partial charge < -0.3 is 15.1 Å². The highest BCUT2D eigenvalue weighted by Gasteiger charge is 2.41. The van der Waals surface area contributed by atoms with E-state index in [0.717, 1.165) is 0 Å². The normalized spacial score (nSPS) is 19.1. The molecule has 2 N–H and O–H groups in total. The smallest absolute Gasteiger partial charge is 0.391 e. The van der Waals surface area contributed by atoms with Crippen molar-refractivity contribution in [1.29, 1.82) is 0 Å². The lowest BCUT2D eigenvalue weighted by Gasteiger charge is -2.34. The highest BCUT2D eigenvalue weighted by atomic mass is 19.4. The Kier molecular flexibility index (Phi) is 4.13. The number of aliphatic hydroxyl groups excluding tert-OH is 1. The first-order valence-corrected chi connectivity index (χ1v) is 6.61. The standard InChI is InChI=1S/C14H18F3NO2/c1-9(19)12-3-2-11(8-13(12)20)18-6-4-10(5-7-18)14(15,16)17/h2-3,8-10,19-20H,4-7H2,1H3. The third-order valence-corrected chi connectivity index (χ3v) is 3.79. The van der Waals surface area contributed by atoms with E-state index in [1.54, 1.807) is 19.1 Å². The van der Waals surface area contributed by atoms with Crippen LogP contribution in [0.3, 0.4) is 0 Å². The Balaban J connectivity index is 2.06. The van der Waals surface area contributed by atoms with Crippen molar-refractivity contribution >= 4 is 5.69 Å². The SMILES string of the molecule is CC(O)c1ccc(N2CCC(C(F)(F)F)CC2)cc1O. The first kappa shape index (κ1) is 15.0. The summed E-state index contributed by atoms with van der Waals surface area (Å²) in [6.07, 6.45) is -4.75. The number of nitrogens with zero attached hydrogens (tertiary/aromatic N) is 1. The van der Waals surface area contributed by atoms with Crippen LogP contribution < -0.4 is 4.90 Å². The van der Waals surface area contributed by atoms with Gasteiger partial charge in [0, 0.05) is 30.4 Å². The summed E-state index contributed by atoms with van der Waals surface area (Å²) in [7, 11) is 0. The number of phenolic OH excluding ortho intramolecular Hbond substituents is 1. The largest absolute Gasteiger partial charge is 0.507 e. The second kappa shape index (κ2) is 5.52. The van der Waals surface area contributed by atoms with Crippen molar-refractivity contribution in [1.82, 2.24) is 0 Å². The molecule has 6 heteroatoms.